The van der Waals surface area contributed by atoms with Crippen LogP contribution >= 0.6 is 0 Å². The summed E-state index contributed by atoms with van der Waals surface area (Å²) in [5.74, 6) is 0. The molecule has 0 spiro atoms. The van der Waals surface area contributed by atoms with Gasteiger partial charge in [0.1, 0.15) is 0 Å². The first-order valence-electron chi connectivity index (χ1n) is 7.36. The Morgan fingerprint density at radius 3 is 3.00 bits per heavy atom. The molecule has 0 aliphatic carbocycles. The Morgan fingerprint density at radius 1 is 1.30 bits per heavy atom. The highest BCUT2D eigenvalue weighted by Gasteiger charge is 2.30. The number of fused-ring (bicyclic) bond motifs is 1. The molecule has 0 radical (unpaired) electrons. The van der Waals surface area contributed by atoms with Crippen molar-refractivity contribution in [3.8, 4) is 0 Å². The van der Waals surface area contributed by atoms with Crippen LogP contribution < -0.4 is 0 Å². The highest BCUT2D eigenvalue weighted by Crippen LogP contribution is 2.30. The number of hydrogen-bond donors (Lipinski definition) is 1. The summed E-state index contributed by atoms with van der Waals surface area (Å²) in [6, 6.07) is 10.5. The number of aromatic nitrogens is 1. The first-order valence-corrected chi connectivity index (χ1v) is 7.36. The number of nitrogens with zero attached hydrogens (tertiary/aromatic N) is 2. The summed E-state index contributed by atoms with van der Waals surface area (Å²) >= 11 is 0. The van der Waals surface area contributed by atoms with Crippen LogP contribution in [0.5, 0.6) is 0 Å². The van der Waals surface area contributed by atoms with Crippen LogP contribution in [0.2, 0.25) is 0 Å². The van der Waals surface area contributed by atoms with Crippen molar-refractivity contribution in [3.05, 3.63) is 42.1 Å². The molecule has 2 aromatic rings. The number of rotatable bonds is 3. The molecule has 3 rings (SSSR count). The molecule has 1 aromatic carbocycles. The van der Waals surface area contributed by atoms with Crippen molar-refractivity contribution in [2.45, 2.75) is 26.3 Å². The van der Waals surface area contributed by atoms with E-state index in [-0.39, 0.29) is 12.0 Å². The largest absolute Gasteiger partial charge is 0.396 e. The van der Waals surface area contributed by atoms with Gasteiger partial charge >= 0.3 is 0 Å². The minimum absolute atomic E-state index is 0.0518. The normalized spacial score (nSPS) is 24.1. The smallest absolute Gasteiger partial charge is 0.0746 e. The summed E-state index contributed by atoms with van der Waals surface area (Å²) < 4.78 is 0. The number of aliphatic hydroxyl groups is 1. The van der Waals surface area contributed by atoms with E-state index >= 15 is 0 Å². The molecule has 2 heterocycles. The van der Waals surface area contributed by atoms with Crippen molar-refractivity contribution < 1.29 is 5.11 Å². The summed E-state index contributed by atoms with van der Waals surface area (Å²) in [5, 5.41) is 10.8. The van der Waals surface area contributed by atoms with Gasteiger partial charge in [-0.1, -0.05) is 31.2 Å². The third kappa shape index (κ3) is 2.69. The molecule has 20 heavy (non-hydrogen) atoms. The van der Waals surface area contributed by atoms with E-state index in [1.54, 1.807) is 0 Å². The van der Waals surface area contributed by atoms with Gasteiger partial charge in [-0.3, -0.25) is 9.88 Å². The second-order valence-electron chi connectivity index (χ2n) is 6.28. The highest BCUT2D eigenvalue weighted by molar-refractivity contribution is 5.81. The molecule has 1 atom stereocenters. The quantitative estimate of drug-likeness (QED) is 0.931. The molecule has 1 saturated heterocycles. The van der Waals surface area contributed by atoms with E-state index in [1.165, 1.54) is 10.9 Å². The maximum atomic E-state index is 9.57. The van der Waals surface area contributed by atoms with Crippen LogP contribution in [0.1, 0.15) is 25.3 Å². The Hall–Kier alpha value is -1.45. The number of pyridine rings is 1. The Morgan fingerprint density at radius 2 is 2.15 bits per heavy atom. The molecule has 1 unspecified atom stereocenters. The molecular formula is C17H22N2O. The fraction of sp³-hybridized carbons (Fsp3) is 0.471. The second kappa shape index (κ2) is 5.51. The van der Waals surface area contributed by atoms with Gasteiger partial charge in [-0.05, 0) is 31.0 Å². The van der Waals surface area contributed by atoms with E-state index in [1.807, 2.05) is 12.3 Å². The van der Waals surface area contributed by atoms with Crippen LogP contribution in [0.4, 0.5) is 0 Å². The van der Waals surface area contributed by atoms with Gasteiger partial charge in [-0.2, -0.15) is 0 Å². The number of benzene rings is 1. The van der Waals surface area contributed by atoms with Crippen LogP contribution in [0.15, 0.2) is 36.5 Å². The van der Waals surface area contributed by atoms with E-state index < -0.39 is 0 Å². The maximum absolute atomic E-state index is 9.57. The van der Waals surface area contributed by atoms with Gasteiger partial charge in [-0.15, -0.1) is 0 Å². The average molecular weight is 270 g/mol. The monoisotopic (exact) mass is 270 g/mol. The minimum Gasteiger partial charge on any atom is -0.396 e. The van der Waals surface area contributed by atoms with E-state index in [9.17, 15) is 5.11 Å². The molecule has 3 heteroatoms. The summed E-state index contributed by atoms with van der Waals surface area (Å²) in [6.07, 6.45) is 4.14. The Bertz CT molecular complexity index is 593. The lowest BCUT2D eigenvalue weighted by Crippen LogP contribution is -2.43. The standard InChI is InChI=1S/C17H22N2O/c1-17(13-20)8-4-10-19(12-17)11-15-6-2-5-14-7-3-9-18-16(14)15/h2-3,5-7,9,20H,4,8,10-13H2,1H3. The van der Waals surface area contributed by atoms with Gasteiger partial charge < -0.3 is 5.11 Å². The first-order chi connectivity index (χ1) is 9.70. The van der Waals surface area contributed by atoms with Crippen LogP contribution in [-0.4, -0.2) is 34.7 Å². The number of para-hydroxylation sites is 1. The zero-order valence-corrected chi connectivity index (χ0v) is 12.0. The Labute approximate surface area is 120 Å². The van der Waals surface area contributed by atoms with Gasteiger partial charge in [0, 0.05) is 36.7 Å². The van der Waals surface area contributed by atoms with Crippen LogP contribution in [-0.2, 0) is 6.54 Å². The molecule has 106 valence electrons. The SMILES string of the molecule is CC1(CO)CCCN(Cc2cccc3cccnc23)C1. The summed E-state index contributed by atoms with van der Waals surface area (Å²) in [7, 11) is 0. The third-order valence-electron chi connectivity index (χ3n) is 4.35. The van der Waals surface area contributed by atoms with Crippen molar-refractivity contribution >= 4 is 10.9 Å². The lowest BCUT2D eigenvalue weighted by molar-refractivity contribution is 0.0431. The average Bonchev–Trinajstić information content (AvgIpc) is 2.48. The second-order valence-corrected chi connectivity index (χ2v) is 6.28. The van der Waals surface area contributed by atoms with Crippen molar-refractivity contribution in [1.82, 2.24) is 9.88 Å². The number of aliphatic hydroxyl groups excluding tert-OH is 1. The first kappa shape index (κ1) is 13.5. The lowest BCUT2D eigenvalue weighted by Gasteiger charge is -2.39. The van der Waals surface area contributed by atoms with Gasteiger partial charge in [0.05, 0.1) is 5.52 Å². The fourth-order valence-corrected chi connectivity index (χ4v) is 3.23. The van der Waals surface area contributed by atoms with E-state index in [2.05, 4.69) is 41.1 Å². The van der Waals surface area contributed by atoms with Crippen LogP contribution in [0.3, 0.4) is 0 Å². The number of piperidine rings is 1. The number of hydrogen-bond acceptors (Lipinski definition) is 3. The summed E-state index contributed by atoms with van der Waals surface area (Å²) in [6.45, 7) is 5.45. The lowest BCUT2D eigenvalue weighted by atomic mass is 9.82. The zero-order valence-electron chi connectivity index (χ0n) is 12.0. The van der Waals surface area contributed by atoms with Crippen molar-refractivity contribution in [3.63, 3.8) is 0 Å². The van der Waals surface area contributed by atoms with Crippen LogP contribution in [0.25, 0.3) is 10.9 Å². The molecular weight excluding hydrogens is 248 g/mol. The predicted molar refractivity (Wildman–Crippen MR) is 81.4 cm³/mol. The maximum Gasteiger partial charge on any atom is 0.0746 e. The van der Waals surface area contributed by atoms with Crippen LogP contribution in [0, 0.1) is 5.41 Å². The van der Waals surface area contributed by atoms with E-state index in [4.69, 9.17) is 0 Å². The topological polar surface area (TPSA) is 36.4 Å². The third-order valence-corrected chi connectivity index (χ3v) is 4.35. The molecule has 0 saturated carbocycles. The molecule has 1 aliphatic heterocycles. The Balaban J connectivity index is 1.83. The minimum atomic E-state index is 0.0518. The molecule has 1 fully saturated rings. The predicted octanol–water partition coefficient (Wildman–Crippen LogP) is 2.83. The molecule has 0 amide bonds. The zero-order chi connectivity index (χ0) is 14.0. The van der Waals surface area contributed by atoms with Gasteiger partial charge in [-0.25, -0.2) is 0 Å². The van der Waals surface area contributed by atoms with Crippen molar-refractivity contribution in [2.75, 3.05) is 19.7 Å². The molecule has 3 nitrogen and oxygen atoms in total. The molecule has 0 bridgehead atoms. The van der Waals surface area contributed by atoms with Crippen molar-refractivity contribution in [2.24, 2.45) is 5.41 Å². The molecule has 1 N–H and O–H groups in total. The highest BCUT2D eigenvalue weighted by atomic mass is 16.3. The van der Waals surface area contributed by atoms with Gasteiger partial charge in [0.25, 0.3) is 0 Å². The molecule has 1 aromatic heterocycles. The van der Waals surface area contributed by atoms with E-state index in [0.717, 1.165) is 38.0 Å². The fourth-order valence-electron chi connectivity index (χ4n) is 3.23. The summed E-state index contributed by atoms with van der Waals surface area (Å²) in [5.41, 5.74) is 2.44. The number of likely N-dealkylation sites (tertiary alicyclic amines) is 1. The van der Waals surface area contributed by atoms with E-state index in [0.29, 0.717) is 0 Å². The summed E-state index contributed by atoms with van der Waals surface area (Å²) in [4.78, 5) is 6.97. The van der Waals surface area contributed by atoms with Gasteiger partial charge in [0.15, 0.2) is 0 Å². The molecule has 1 aliphatic rings. The Kier molecular flexibility index (Phi) is 3.72. The van der Waals surface area contributed by atoms with Crippen molar-refractivity contribution in [1.29, 1.82) is 0 Å². The van der Waals surface area contributed by atoms with Gasteiger partial charge in [0.2, 0.25) is 0 Å².